The van der Waals surface area contributed by atoms with Crippen molar-refractivity contribution in [1.82, 2.24) is 10.1 Å². The third-order valence-corrected chi connectivity index (χ3v) is 9.55. The van der Waals surface area contributed by atoms with Gasteiger partial charge in [0.15, 0.2) is 5.82 Å². The van der Waals surface area contributed by atoms with E-state index in [9.17, 15) is 9.59 Å². The second-order valence-corrected chi connectivity index (χ2v) is 12.6. The van der Waals surface area contributed by atoms with Crippen molar-refractivity contribution in [2.45, 2.75) is 62.8 Å². The zero-order chi connectivity index (χ0) is 31.2. The number of carbonyl (C=O) groups is 2. The van der Waals surface area contributed by atoms with Crippen molar-refractivity contribution in [3.05, 3.63) is 93.4 Å². The molecule has 2 saturated carbocycles. The number of benzene rings is 3. The van der Waals surface area contributed by atoms with Crippen molar-refractivity contribution in [2.24, 2.45) is 0 Å². The zero-order valence-electron chi connectivity index (χ0n) is 24.4. The number of methoxy groups -OCH3 is 1. The van der Waals surface area contributed by atoms with Crippen LogP contribution in [0.15, 0.2) is 65.2 Å². The van der Waals surface area contributed by atoms with E-state index in [-0.39, 0.29) is 41.0 Å². The Labute approximate surface area is 269 Å². The van der Waals surface area contributed by atoms with Gasteiger partial charge < -0.3 is 24.2 Å². The van der Waals surface area contributed by atoms with E-state index in [1.807, 2.05) is 0 Å². The predicted molar refractivity (Wildman–Crippen MR) is 168 cm³/mol. The van der Waals surface area contributed by atoms with Crippen LogP contribution in [0.5, 0.6) is 0 Å². The minimum absolute atomic E-state index is 0.00453. The molecule has 2 atom stereocenters. The summed E-state index contributed by atoms with van der Waals surface area (Å²) in [5.41, 5.74) is 2.75. The lowest BCUT2D eigenvalue weighted by Gasteiger charge is -2.54. The summed E-state index contributed by atoms with van der Waals surface area (Å²) in [6, 6.07) is 16.5. The normalized spacial score (nSPS) is 20.4. The van der Waals surface area contributed by atoms with Crippen molar-refractivity contribution >= 4 is 40.9 Å². The summed E-state index contributed by atoms with van der Waals surface area (Å²) >= 11 is 13.0. The first-order valence-electron chi connectivity index (χ1n) is 14.9. The molecule has 3 heterocycles. The SMILES string of the molecule is COC(=O)c1ccc(NC(=O)N2C3CC(OCc4c(-c5c(Cl)cccc5Cl)noc4C4CC4)CC2C3)c(F)c1-c1ccccc1. The smallest absolute Gasteiger partial charge is 0.338 e. The molecular formula is C34H30Cl2FN3O5. The van der Waals surface area contributed by atoms with Gasteiger partial charge in [-0.15, -0.1) is 0 Å². The first kappa shape index (κ1) is 29.8. The number of piperidine rings is 1. The van der Waals surface area contributed by atoms with E-state index in [1.54, 1.807) is 53.4 Å². The number of nitrogens with one attached hydrogen (secondary N) is 1. The Balaban J connectivity index is 1.04. The molecule has 2 aliphatic heterocycles. The van der Waals surface area contributed by atoms with Gasteiger partial charge in [0.1, 0.15) is 11.5 Å². The lowest BCUT2D eigenvalue weighted by molar-refractivity contribution is -0.0837. The molecule has 0 radical (unpaired) electrons. The molecule has 8 rings (SSSR count). The van der Waals surface area contributed by atoms with Gasteiger partial charge in [-0.25, -0.2) is 14.0 Å². The molecule has 3 aromatic carbocycles. The molecule has 45 heavy (non-hydrogen) atoms. The van der Waals surface area contributed by atoms with Crippen LogP contribution in [-0.2, 0) is 16.1 Å². The van der Waals surface area contributed by atoms with Gasteiger partial charge in [0, 0.05) is 34.7 Å². The summed E-state index contributed by atoms with van der Waals surface area (Å²) in [6.45, 7) is 0.294. The number of amides is 2. The zero-order valence-corrected chi connectivity index (χ0v) is 25.9. The summed E-state index contributed by atoms with van der Waals surface area (Å²) < 4.78 is 32.9. The molecule has 0 spiro atoms. The van der Waals surface area contributed by atoms with Crippen LogP contribution in [0, 0.1) is 5.82 Å². The van der Waals surface area contributed by atoms with Crippen LogP contribution in [0.25, 0.3) is 22.4 Å². The van der Waals surface area contributed by atoms with Gasteiger partial charge in [0.25, 0.3) is 0 Å². The Hall–Kier alpha value is -3.92. The number of esters is 1. The fourth-order valence-corrected chi connectivity index (χ4v) is 7.14. The van der Waals surface area contributed by atoms with Crippen LogP contribution in [0.4, 0.5) is 14.9 Å². The molecule has 1 N–H and O–H groups in total. The van der Waals surface area contributed by atoms with Gasteiger partial charge >= 0.3 is 12.0 Å². The van der Waals surface area contributed by atoms with Crippen molar-refractivity contribution in [1.29, 1.82) is 0 Å². The van der Waals surface area contributed by atoms with Crippen LogP contribution in [0.1, 0.15) is 59.7 Å². The fraction of sp³-hybridized carbons (Fsp3) is 0.324. The number of rotatable bonds is 8. The second-order valence-electron chi connectivity index (χ2n) is 11.7. The van der Waals surface area contributed by atoms with Gasteiger partial charge in [-0.1, -0.05) is 64.8 Å². The number of halogens is 3. The Bertz CT molecular complexity index is 1740. The minimum Gasteiger partial charge on any atom is -0.465 e. The van der Waals surface area contributed by atoms with Crippen LogP contribution >= 0.6 is 23.2 Å². The van der Waals surface area contributed by atoms with Crippen LogP contribution in [0.2, 0.25) is 10.0 Å². The molecule has 2 unspecified atom stereocenters. The summed E-state index contributed by atoms with van der Waals surface area (Å²) in [4.78, 5) is 27.6. The van der Waals surface area contributed by atoms with Crippen LogP contribution in [0.3, 0.4) is 0 Å². The van der Waals surface area contributed by atoms with E-state index in [4.69, 9.17) is 37.2 Å². The largest absolute Gasteiger partial charge is 0.465 e. The number of hydrogen-bond donors (Lipinski definition) is 1. The highest BCUT2D eigenvalue weighted by Gasteiger charge is 2.48. The van der Waals surface area contributed by atoms with E-state index in [0.717, 1.165) is 30.6 Å². The standard InChI is InChI=1S/C34H30Cl2FN3O5/c1-43-33(41)23-12-13-27(30(37)28(23)18-6-3-2-4-7-18)38-34(42)40-20-14-21(40)16-22(15-20)44-17-24-31(39-45-32(24)19-10-11-19)29-25(35)8-5-9-26(29)36/h2-9,12-13,19-22H,10-11,14-17H2,1H3,(H,38,42). The van der Waals surface area contributed by atoms with Gasteiger partial charge in [-0.3, -0.25) is 0 Å². The van der Waals surface area contributed by atoms with Gasteiger partial charge in [-0.05, 0) is 61.9 Å². The number of aromatic nitrogens is 1. The molecule has 1 aromatic heterocycles. The number of fused-ring (bicyclic) bond motifs is 2. The highest BCUT2D eigenvalue weighted by molar-refractivity contribution is 6.39. The number of nitrogens with zero attached hydrogens (tertiary/aromatic N) is 2. The third kappa shape index (κ3) is 5.58. The summed E-state index contributed by atoms with van der Waals surface area (Å²) in [7, 11) is 1.25. The molecule has 2 saturated heterocycles. The Kier molecular flexibility index (Phi) is 8.02. The highest BCUT2D eigenvalue weighted by Crippen LogP contribution is 2.47. The van der Waals surface area contributed by atoms with E-state index < -0.39 is 11.8 Å². The van der Waals surface area contributed by atoms with Crippen LogP contribution in [-0.4, -0.2) is 47.4 Å². The molecule has 4 aromatic rings. The molecule has 4 fully saturated rings. The fourth-order valence-electron chi connectivity index (χ4n) is 6.56. The number of anilines is 1. The Morgan fingerprint density at radius 2 is 1.69 bits per heavy atom. The maximum Gasteiger partial charge on any atom is 0.338 e. The average molecular weight is 651 g/mol. The maximum atomic E-state index is 15.9. The van der Waals surface area contributed by atoms with E-state index in [2.05, 4.69) is 10.5 Å². The third-order valence-electron chi connectivity index (χ3n) is 8.92. The topological polar surface area (TPSA) is 93.9 Å². The predicted octanol–water partition coefficient (Wildman–Crippen LogP) is 8.47. The minimum atomic E-state index is -0.695. The van der Waals surface area contributed by atoms with Crippen molar-refractivity contribution in [3.63, 3.8) is 0 Å². The lowest BCUT2D eigenvalue weighted by atomic mass is 9.78. The maximum absolute atomic E-state index is 15.9. The van der Waals surface area contributed by atoms with Gasteiger partial charge in [-0.2, -0.15) is 0 Å². The molecule has 232 valence electrons. The second kappa shape index (κ2) is 12.1. The summed E-state index contributed by atoms with van der Waals surface area (Å²) in [6.07, 6.45) is 4.15. The molecule has 4 aliphatic rings. The van der Waals surface area contributed by atoms with E-state index >= 15 is 4.39 Å². The van der Waals surface area contributed by atoms with E-state index in [1.165, 1.54) is 19.2 Å². The average Bonchev–Trinajstić information content (AvgIpc) is 3.80. The number of hydrogen-bond acceptors (Lipinski definition) is 6. The van der Waals surface area contributed by atoms with Gasteiger partial charge in [0.05, 0.1) is 41.1 Å². The lowest BCUT2D eigenvalue weighted by Crippen LogP contribution is -2.65. The van der Waals surface area contributed by atoms with Crippen molar-refractivity contribution < 1.29 is 28.0 Å². The van der Waals surface area contributed by atoms with Crippen molar-refractivity contribution in [2.75, 3.05) is 12.4 Å². The number of urea groups is 1. The van der Waals surface area contributed by atoms with Crippen molar-refractivity contribution in [3.8, 4) is 22.4 Å². The molecule has 2 amide bonds. The Morgan fingerprint density at radius 3 is 2.36 bits per heavy atom. The number of carbonyl (C=O) groups excluding carboxylic acids is 2. The molecule has 8 nitrogen and oxygen atoms in total. The quantitative estimate of drug-likeness (QED) is 0.192. The number of ether oxygens (including phenoxy) is 2. The Morgan fingerprint density at radius 1 is 0.978 bits per heavy atom. The summed E-state index contributed by atoms with van der Waals surface area (Å²) in [5, 5.41) is 8.07. The van der Waals surface area contributed by atoms with E-state index in [0.29, 0.717) is 52.2 Å². The molecule has 2 bridgehead atoms. The van der Waals surface area contributed by atoms with Gasteiger partial charge in [0.2, 0.25) is 0 Å². The molecule has 2 aliphatic carbocycles. The molecular weight excluding hydrogens is 620 g/mol. The summed E-state index contributed by atoms with van der Waals surface area (Å²) in [5.74, 6) is -0.224. The van der Waals surface area contributed by atoms with Crippen LogP contribution < -0.4 is 5.32 Å². The first-order valence-corrected chi connectivity index (χ1v) is 15.7. The monoisotopic (exact) mass is 649 g/mol. The highest BCUT2D eigenvalue weighted by atomic mass is 35.5. The first-order chi connectivity index (χ1) is 21.8. The molecule has 11 heteroatoms.